The van der Waals surface area contributed by atoms with Crippen molar-refractivity contribution in [3.8, 4) is 0 Å². The van der Waals surface area contributed by atoms with E-state index in [4.69, 9.17) is 10.6 Å². The second kappa shape index (κ2) is 7.13. The van der Waals surface area contributed by atoms with Gasteiger partial charge in [-0.1, -0.05) is 13.8 Å². The van der Waals surface area contributed by atoms with Crippen LogP contribution in [0.4, 0.5) is 11.6 Å². The normalized spacial score (nSPS) is 10.8. The quantitative estimate of drug-likeness (QED) is 0.565. The van der Waals surface area contributed by atoms with Crippen molar-refractivity contribution in [2.24, 2.45) is 11.8 Å². The zero-order chi connectivity index (χ0) is 13.5. The number of hydrogen-bond donors (Lipinski definition) is 2. The predicted octanol–water partition coefficient (Wildman–Crippen LogP) is 1.39. The highest BCUT2D eigenvalue weighted by Gasteiger charge is 2.11. The fourth-order valence-electron chi connectivity index (χ4n) is 1.74. The van der Waals surface area contributed by atoms with E-state index in [9.17, 15) is 0 Å². The molecule has 0 aromatic carbocycles. The Morgan fingerprint density at radius 2 is 2.17 bits per heavy atom. The number of methoxy groups -OCH3 is 1. The third-order valence-electron chi connectivity index (χ3n) is 2.47. The van der Waals surface area contributed by atoms with E-state index in [-0.39, 0.29) is 0 Å². The molecule has 18 heavy (non-hydrogen) atoms. The molecule has 1 aromatic rings. The number of anilines is 2. The minimum atomic E-state index is 0.377. The first-order chi connectivity index (χ1) is 8.60. The molecule has 0 atom stereocenters. The number of nitrogen functional groups attached to an aromatic ring is 1. The molecule has 0 radical (unpaired) electrons. The SMILES string of the molecule is CCN(CC(C)C)c1cc(NN)nc(COC)n1. The second-order valence-corrected chi connectivity index (χ2v) is 4.54. The highest BCUT2D eigenvalue weighted by molar-refractivity contribution is 5.48. The Morgan fingerprint density at radius 1 is 1.44 bits per heavy atom. The lowest BCUT2D eigenvalue weighted by atomic mass is 10.2. The van der Waals surface area contributed by atoms with Crippen LogP contribution >= 0.6 is 0 Å². The van der Waals surface area contributed by atoms with Crippen LogP contribution in [0.15, 0.2) is 6.07 Å². The van der Waals surface area contributed by atoms with E-state index in [1.807, 2.05) is 6.07 Å². The van der Waals surface area contributed by atoms with Gasteiger partial charge in [0.1, 0.15) is 18.2 Å². The number of nitrogens with two attached hydrogens (primary N) is 1. The Hall–Kier alpha value is -1.40. The summed E-state index contributed by atoms with van der Waals surface area (Å²) in [7, 11) is 1.62. The summed E-state index contributed by atoms with van der Waals surface area (Å²) in [5.74, 6) is 8.11. The predicted molar refractivity (Wildman–Crippen MR) is 73.3 cm³/mol. The first kappa shape index (κ1) is 14.7. The second-order valence-electron chi connectivity index (χ2n) is 4.54. The lowest BCUT2D eigenvalue weighted by Crippen LogP contribution is -2.29. The summed E-state index contributed by atoms with van der Waals surface area (Å²) >= 11 is 0. The van der Waals surface area contributed by atoms with Gasteiger partial charge in [0.05, 0.1) is 0 Å². The zero-order valence-electron chi connectivity index (χ0n) is 11.6. The molecule has 0 spiro atoms. The van der Waals surface area contributed by atoms with Crippen LogP contribution in [-0.2, 0) is 11.3 Å². The number of hydrogen-bond acceptors (Lipinski definition) is 6. The van der Waals surface area contributed by atoms with Gasteiger partial charge >= 0.3 is 0 Å². The van der Waals surface area contributed by atoms with Gasteiger partial charge in [0.25, 0.3) is 0 Å². The first-order valence-electron chi connectivity index (χ1n) is 6.19. The minimum absolute atomic E-state index is 0.377. The van der Waals surface area contributed by atoms with E-state index in [0.717, 1.165) is 18.9 Å². The average molecular weight is 253 g/mol. The highest BCUT2D eigenvalue weighted by Crippen LogP contribution is 2.17. The molecule has 1 rings (SSSR count). The lowest BCUT2D eigenvalue weighted by Gasteiger charge is -2.24. The maximum absolute atomic E-state index is 5.43. The summed E-state index contributed by atoms with van der Waals surface area (Å²) in [6.45, 7) is 8.69. The summed E-state index contributed by atoms with van der Waals surface area (Å²) in [5, 5.41) is 0. The molecule has 0 amide bonds. The van der Waals surface area contributed by atoms with E-state index in [1.54, 1.807) is 7.11 Å². The largest absolute Gasteiger partial charge is 0.377 e. The molecule has 1 aromatic heterocycles. The number of nitrogens with one attached hydrogen (secondary N) is 1. The Bertz CT molecular complexity index is 369. The molecule has 0 aliphatic rings. The number of rotatable bonds is 7. The van der Waals surface area contributed by atoms with Crippen LogP contribution in [0.2, 0.25) is 0 Å². The minimum Gasteiger partial charge on any atom is -0.377 e. The standard InChI is InChI=1S/C12H23N5O/c1-5-17(7-9(2)3)12-6-10(16-13)14-11(15-12)8-18-4/h6,9H,5,7-8,13H2,1-4H3,(H,14,15,16). The van der Waals surface area contributed by atoms with Crippen molar-refractivity contribution in [2.45, 2.75) is 27.4 Å². The molecular formula is C12H23N5O. The summed E-state index contributed by atoms with van der Waals surface area (Å²) in [6, 6.07) is 1.85. The van der Waals surface area contributed by atoms with Crippen molar-refractivity contribution in [3.05, 3.63) is 11.9 Å². The van der Waals surface area contributed by atoms with Gasteiger partial charge in [-0.2, -0.15) is 0 Å². The van der Waals surface area contributed by atoms with Gasteiger partial charge < -0.3 is 15.1 Å². The van der Waals surface area contributed by atoms with E-state index in [1.165, 1.54) is 0 Å². The molecule has 102 valence electrons. The van der Waals surface area contributed by atoms with Crippen molar-refractivity contribution >= 4 is 11.6 Å². The summed E-state index contributed by atoms with van der Waals surface area (Å²) in [6.07, 6.45) is 0. The van der Waals surface area contributed by atoms with Crippen molar-refractivity contribution in [2.75, 3.05) is 30.5 Å². The van der Waals surface area contributed by atoms with Crippen molar-refractivity contribution in [3.63, 3.8) is 0 Å². The van der Waals surface area contributed by atoms with Gasteiger partial charge in [0, 0.05) is 26.3 Å². The monoisotopic (exact) mass is 253 g/mol. The van der Waals surface area contributed by atoms with E-state index >= 15 is 0 Å². The third-order valence-corrected chi connectivity index (χ3v) is 2.47. The topological polar surface area (TPSA) is 76.3 Å². The fourth-order valence-corrected chi connectivity index (χ4v) is 1.74. The Morgan fingerprint density at radius 3 is 2.67 bits per heavy atom. The Balaban J connectivity index is 3.00. The van der Waals surface area contributed by atoms with Gasteiger partial charge in [0.15, 0.2) is 5.82 Å². The summed E-state index contributed by atoms with van der Waals surface area (Å²) in [4.78, 5) is 10.9. The molecular weight excluding hydrogens is 230 g/mol. The average Bonchev–Trinajstić information content (AvgIpc) is 2.35. The first-order valence-corrected chi connectivity index (χ1v) is 6.19. The van der Waals surface area contributed by atoms with Gasteiger partial charge in [-0.15, -0.1) is 0 Å². The van der Waals surface area contributed by atoms with E-state index in [0.29, 0.717) is 24.2 Å². The van der Waals surface area contributed by atoms with Crippen LogP contribution in [0.1, 0.15) is 26.6 Å². The van der Waals surface area contributed by atoms with Crippen LogP contribution in [-0.4, -0.2) is 30.2 Å². The fraction of sp³-hybridized carbons (Fsp3) is 0.667. The number of nitrogens with zero attached hydrogens (tertiary/aromatic N) is 3. The molecule has 3 N–H and O–H groups in total. The van der Waals surface area contributed by atoms with Gasteiger partial charge in [-0.3, -0.25) is 0 Å². The van der Waals surface area contributed by atoms with Crippen LogP contribution < -0.4 is 16.2 Å². The summed E-state index contributed by atoms with van der Waals surface area (Å²) < 4.78 is 5.06. The molecule has 0 aliphatic heterocycles. The number of ether oxygens (including phenoxy) is 1. The van der Waals surface area contributed by atoms with Crippen molar-refractivity contribution < 1.29 is 4.74 Å². The smallest absolute Gasteiger partial charge is 0.158 e. The maximum atomic E-state index is 5.43. The Labute approximate surface area is 109 Å². The highest BCUT2D eigenvalue weighted by atomic mass is 16.5. The molecule has 6 heteroatoms. The van der Waals surface area contributed by atoms with Gasteiger partial charge in [0.2, 0.25) is 0 Å². The molecule has 0 unspecified atom stereocenters. The van der Waals surface area contributed by atoms with Crippen molar-refractivity contribution in [1.29, 1.82) is 0 Å². The molecule has 0 saturated heterocycles. The maximum Gasteiger partial charge on any atom is 0.158 e. The molecule has 0 fully saturated rings. The van der Waals surface area contributed by atoms with Crippen LogP contribution in [0.3, 0.4) is 0 Å². The third kappa shape index (κ3) is 4.12. The Kier molecular flexibility index (Phi) is 5.80. The van der Waals surface area contributed by atoms with E-state index < -0.39 is 0 Å². The molecule has 0 aliphatic carbocycles. The van der Waals surface area contributed by atoms with Crippen molar-refractivity contribution in [1.82, 2.24) is 9.97 Å². The van der Waals surface area contributed by atoms with Crippen LogP contribution in [0, 0.1) is 5.92 Å². The van der Waals surface area contributed by atoms with Gasteiger partial charge in [-0.25, -0.2) is 15.8 Å². The number of aromatic nitrogens is 2. The zero-order valence-corrected chi connectivity index (χ0v) is 11.6. The van der Waals surface area contributed by atoms with Crippen LogP contribution in [0.5, 0.6) is 0 Å². The molecule has 0 bridgehead atoms. The molecule has 0 saturated carbocycles. The lowest BCUT2D eigenvalue weighted by molar-refractivity contribution is 0.178. The summed E-state index contributed by atoms with van der Waals surface area (Å²) in [5.41, 5.74) is 2.57. The van der Waals surface area contributed by atoms with E-state index in [2.05, 4.69) is 41.1 Å². The molecule has 1 heterocycles. The number of hydrazine groups is 1. The van der Waals surface area contributed by atoms with Gasteiger partial charge in [-0.05, 0) is 12.8 Å². The van der Waals surface area contributed by atoms with Crippen LogP contribution in [0.25, 0.3) is 0 Å². The molecule has 6 nitrogen and oxygen atoms in total.